The summed E-state index contributed by atoms with van der Waals surface area (Å²) in [5, 5.41) is 0. The molecule has 0 radical (unpaired) electrons. The number of aryl methyl sites for hydroxylation is 2. The van der Waals surface area contributed by atoms with Crippen LogP contribution in [0.5, 0.6) is 0 Å². The van der Waals surface area contributed by atoms with Gasteiger partial charge in [-0.3, -0.25) is 5.84 Å². The maximum atomic E-state index is 13.6. The molecule has 0 heterocycles. The lowest BCUT2D eigenvalue weighted by atomic mass is 9.93. The van der Waals surface area contributed by atoms with Crippen LogP contribution in [0.25, 0.3) is 0 Å². The highest BCUT2D eigenvalue weighted by Crippen LogP contribution is 2.26. The third-order valence-corrected chi connectivity index (χ3v) is 3.31. The minimum Gasteiger partial charge on any atom is -0.271 e. The zero-order chi connectivity index (χ0) is 13.8. The molecule has 2 aromatic carbocycles. The first kappa shape index (κ1) is 13.7. The molecule has 0 aliphatic rings. The van der Waals surface area contributed by atoms with Crippen LogP contribution in [0.2, 0.25) is 0 Å². The number of nitrogens with two attached hydrogens (primary N) is 1. The minimum atomic E-state index is -0.232. The van der Waals surface area contributed by atoms with Crippen molar-refractivity contribution < 1.29 is 4.39 Å². The van der Waals surface area contributed by atoms with Gasteiger partial charge < -0.3 is 0 Å². The van der Waals surface area contributed by atoms with E-state index < -0.39 is 0 Å². The van der Waals surface area contributed by atoms with E-state index in [9.17, 15) is 4.39 Å². The minimum absolute atomic E-state index is 0.189. The summed E-state index contributed by atoms with van der Waals surface area (Å²) in [4.78, 5) is 0. The van der Waals surface area contributed by atoms with Gasteiger partial charge in [-0.15, -0.1) is 0 Å². The van der Waals surface area contributed by atoms with Crippen LogP contribution in [0.4, 0.5) is 4.39 Å². The van der Waals surface area contributed by atoms with Gasteiger partial charge >= 0.3 is 0 Å². The fraction of sp³-hybridized carbons (Fsp3) is 0.250. The molecule has 2 aromatic rings. The van der Waals surface area contributed by atoms with Crippen LogP contribution in [0, 0.1) is 12.7 Å². The van der Waals surface area contributed by atoms with Crippen molar-refractivity contribution in [3.63, 3.8) is 0 Å². The molecular formula is C16H19FN2. The van der Waals surface area contributed by atoms with Crippen LogP contribution >= 0.6 is 0 Å². The van der Waals surface area contributed by atoms with Crippen molar-refractivity contribution in [2.24, 2.45) is 5.84 Å². The van der Waals surface area contributed by atoms with E-state index in [1.165, 1.54) is 17.7 Å². The van der Waals surface area contributed by atoms with Crippen LogP contribution in [0.1, 0.15) is 35.2 Å². The second-order valence-corrected chi connectivity index (χ2v) is 4.71. The van der Waals surface area contributed by atoms with Gasteiger partial charge in [0.2, 0.25) is 0 Å². The van der Waals surface area contributed by atoms with E-state index in [-0.39, 0.29) is 11.9 Å². The third-order valence-electron chi connectivity index (χ3n) is 3.31. The largest absolute Gasteiger partial charge is 0.271 e. The topological polar surface area (TPSA) is 38.0 Å². The third kappa shape index (κ3) is 3.00. The Bertz CT molecular complexity index is 546. The van der Waals surface area contributed by atoms with Gasteiger partial charge in [0.15, 0.2) is 0 Å². The van der Waals surface area contributed by atoms with Crippen molar-refractivity contribution in [1.29, 1.82) is 0 Å². The maximum absolute atomic E-state index is 13.6. The first-order valence-electron chi connectivity index (χ1n) is 6.46. The Labute approximate surface area is 113 Å². The molecule has 0 saturated carbocycles. The van der Waals surface area contributed by atoms with Crippen molar-refractivity contribution in [1.82, 2.24) is 5.43 Å². The van der Waals surface area contributed by atoms with E-state index in [0.717, 1.165) is 23.1 Å². The van der Waals surface area contributed by atoms with Gasteiger partial charge in [0.25, 0.3) is 0 Å². The molecule has 2 rings (SSSR count). The van der Waals surface area contributed by atoms with E-state index in [0.29, 0.717) is 0 Å². The van der Waals surface area contributed by atoms with Crippen molar-refractivity contribution in [2.75, 3.05) is 0 Å². The number of rotatable bonds is 4. The van der Waals surface area contributed by atoms with Crippen molar-refractivity contribution in [3.05, 3.63) is 70.5 Å². The van der Waals surface area contributed by atoms with Gasteiger partial charge in [-0.25, -0.2) is 9.82 Å². The highest BCUT2D eigenvalue weighted by molar-refractivity contribution is 5.38. The van der Waals surface area contributed by atoms with E-state index >= 15 is 0 Å². The highest BCUT2D eigenvalue weighted by Gasteiger charge is 2.16. The second-order valence-electron chi connectivity index (χ2n) is 4.71. The Morgan fingerprint density at radius 2 is 1.95 bits per heavy atom. The number of hydrogen-bond acceptors (Lipinski definition) is 2. The molecule has 0 aliphatic carbocycles. The SMILES string of the molecule is CCc1ccccc1C(NN)c1cc(C)cc(F)c1. The van der Waals surface area contributed by atoms with Crippen molar-refractivity contribution in [3.8, 4) is 0 Å². The summed E-state index contributed by atoms with van der Waals surface area (Å²) in [7, 11) is 0. The van der Waals surface area contributed by atoms with Crippen LogP contribution in [-0.4, -0.2) is 0 Å². The molecule has 0 amide bonds. The molecule has 0 saturated heterocycles. The molecule has 0 bridgehead atoms. The molecule has 0 fully saturated rings. The Hall–Kier alpha value is -1.71. The Kier molecular flexibility index (Phi) is 4.30. The van der Waals surface area contributed by atoms with Crippen LogP contribution in [0.15, 0.2) is 42.5 Å². The molecule has 0 aromatic heterocycles. The quantitative estimate of drug-likeness (QED) is 0.652. The smallest absolute Gasteiger partial charge is 0.123 e. The summed E-state index contributed by atoms with van der Waals surface area (Å²) in [6, 6.07) is 12.9. The summed E-state index contributed by atoms with van der Waals surface area (Å²) in [5.41, 5.74) is 6.85. The summed E-state index contributed by atoms with van der Waals surface area (Å²) in [5.74, 6) is 5.46. The lowest BCUT2D eigenvalue weighted by molar-refractivity contribution is 0.601. The fourth-order valence-electron chi connectivity index (χ4n) is 2.43. The highest BCUT2D eigenvalue weighted by atomic mass is 19.1. The molecule has 0 aliphatic heterocycles. The molecule has 3 heteroatoms. The average molecular weight is 258 g/mol. The first-order chi connectivity index (χ1) is 9.15. The van der Waals surface area contributed by atoms with E-state index in [1.807, 2.05) is 31.2 Å². The summed E-state index contributed by atoms with van der Waals surface area (Å²) in [6.07, 6.45) is 0.919. The Morgan fingerprint density at radius 1 is 1.21 bits per heavy atom. The standard InChI is InChI=1S/C16H19FN2/c1-3-12-6-4-5-7-15(12)16(19-18)13-8-11(2)9-14(17)10-13/h4-10,16,19H,3,18H2,1-2H3. The average Bonchev–Trinajstić information content (AvgIpc) is 2.39. The molecule has 19 heavy (non-hydrogen) atoms. The molecule has 0 spiro atoms. The molecule has 1 atom stereocenters. The van der Waals surface area contributed by atoms with E-state index in [4.69, 9.17) is 5.84 Å². The van der Waals surface area contributed by atoms with Gasteiger partial charge in [0.1, 0.15) is 5.82 Å². The number of halogens is 1. The summed E-state index contributed by atoms with van der Waals surface area (Å²) >= 11 is 0. The normalized spacial score (nSPS) is 12.4. The van der Waals surface area contributed by atoms with Gasteiger partial charge in [0.05, 0.1) is 6.04 Å². The predicted molar refractivity (Wildman–Crippen MR) is 76.1 cm³/mol. The molecule has 1 unspecified atom stereocenters. The van der Waals surface area contributed by atoms with Gasteiger partial charge in [-0.05, 0) is 47.7 Å². The molecule has 100 valence electrons. The van der Waals surface area contributed by atoms with Gasteiger partial charge in [0, 0.05) is 0 Å². The number of nitrogens with one attached hydrogen (secondary N) is 1. The predicted octanol–water partition coefficient (Wildman–Crippen LogP) is 3.25. The summed E-state index contributed by atoms with van der Waals surface area (Å²) in [6.45, 7) is 3.98. The number of hydrazine groups is 1. The first-order valence-corrected chi connectivity index (χ1v) is 6.46. The number of benzene rings is 2. The van der Waals surface area contributed by atoms with E-state index in [2.05, 4.69) is 18.4 Å². The fourth-order valence-corrected chi connectivity index (χ4v) is 2.43. The molecular weight excluding hydrogens is 239 g/mol. The van der Waals surface area contributed by atoms with Gasteiger partial charge in [-0.2, -0.15) is 0 Å². The Morgan fingerprint density at radius 3 is 2.58 bits per heavy atom. The second kappa shape index (κ2) is 5.95. The lowest BCUT2D eigenvalue weighted by Crippen LogP contribution is -2.29. The monoisotopic (exact) mass is 258 g/mol. The van der Waals surface area contributed by atoms with Gasteiger partial charge in [-0.1, -0.05) is 37.3 Å². The van der Waals surface area contributed by atoms with Crippen LogP contribution < -0.4 is 11.3 Å². The molecule has 3 N–H and O–H groups in total. The zero-order valence-corrected chi connectivity index (χ0v) is 11.3. The molecule has 2 nitrogen and oxygen atoms in total. The summed E-state index contributed by atoms with van der Waals surface area (Å²) < 4.78 is 13.6. The lowest BCUT2D eigenvalue weighted by Gasteiger charge is -2.20. The maximum Gasteiger partial charge on any atom is 0.123 e. The Balaban J connectivity index is 2.49. The van der Waals surface area contributed by atoms with Crippen LogP contribution in [0.3, 0.4) is 0 Å². The number of hydrogen-bond donors (Lipinski definition) is 2. The van der Waals surface area contributed by atoms with Crippen molar-refractivity contribution in [2.45, 2.75) is 26.3 Å². The van der Waals surface area contributed by atoms with Crippen LogP contribution in [-0.2, 0) is 6.42 Å². The zero-order valence-electron chi connectivity index (χ0n) is 11.3. The van der Waals surface area contributed by atoms with E-state index in [1.54, 1.807) is 0 Å². The van der Waals surface area contributed by atoms with Crippen molar-refractivity contribution >= 4 is 0 Å².